The third-order valence-corrected chi connectivity index (χ3v) is 5.07. The first-order chi connectivity index (χ1) is 8.83. The molecule has 0 aliphatic carbocycles. The Hall–Kier alpha value is -1.44. The van der Waals surface area contributed by atoms with Crippen LogP contribution in [0.25, 0.3) is 0 Å². The van der Waals surface area contributed by atoms with Crippen LogP contribution in [0.5, 0.6) is 0 Å². The molecule has 19 heavy (non-hydrogen) atoms. The second kappa shape index (κ2) is 4.92. The molecular formula is C12H16N2O4S. The standard InChI is InChI=1S/C12H16N2O4S/c13-12(11(15)16)6-7-14(9-12)19(17,18)8-10-4-2-1-3-5-10/h1-5H,6-9,13H2,(H,15,16). The first-order valence-corrected chi connectivity index (χ1v) is 7.48. The van der Waals surface area contributed by atoms with Crippen LogP contribution in [-0.4, -0.2) is 42.4 Å². The van der Waals surface area contributed by atoms with Crippen LogP contribution in [0.15, 0.2) is 30.3 Å². The lowest BCUT2D eigenvalue weighted by molar-refractivity contribution is -0.142. The lowest BCUT2D eigenvalue weighted by Crippen LogP contribution is -2.50. The van der Waals surface area contributed by atoms with Gasteiger partial charge in [-0.3, -0.25) is 4.79 Å². The molecule has 1 aliphatic rings. The van der Waals surface area contributed by atoms with E-state index in [4.69, 9.17) is 10.8 Å². The Bertz CT molecular complexity index is 573. The number of sulfonamides is 1. The zero-order valence-electron chi connectivity index (χ0n) is 10.3. The van der Waals surface area contributed by atoms with Crippen molar-refractivity contribution in [3.05, 3.63) is 35.9 Å². The zero-order valence-corrected chi connectivity index (χ0v) is 11.1. The van der Waals surface area contributed by atoms with Crippen LogP contribution >= 0.6 is 0 Å². The smallest absolute Gasteiger partial charge is 0.325 e. The predicted molar refractivity (Wildman–Crippen MR) is 69.8 cm³/mol. The number of carboxylic acids is 1. The summed E-state index contributed by atoms with van der Waals surface area (Å²) in [4.78, 5) is 11.0. The second-order valence-corrected chi connectivity index (χ2v) is 6.76. The lowest BCUT2D eigenvalue weighted by atomic mass is 10.0. The fraction of sp³-hybridized carbons (Fsp3) is 0.417. The van der Waals surface area contributed by atoms with Crippen molar-refractivity contribution in [2.24, 2.45) is 5.73 Å². The average Bonchev–Trinajstić information content (AvgIpc) is 2.75. The van der Waals surface area contributed by atoms with E-state index in [0.717, 1.165) is 4.31 Å². The molecule has 1 atom stereocenters. The number of hydrogen-bond acceptors (Lipinski definition) is 4. The van der Waals surface area contributed by atoms with Gasteiger partial charge in [-0.2, -0.15) is 4.31 Å². The number of carboxylic acid groups (broad SMARTS) is 1. The number of rotatable bonds is 4. The maximum Gasteiger partial charge on any atom is 0.325 e. The van der Waals surface area contributed by atoms with Gasteiger partial charge in [-0.05, 0) is 12.0 Å². The van der Waals surface area contributed by atoms with Gasteiger partial charge in [-0.1, -0.05) is 30.3 Å². The Labute approximate surface area is 111 Å². The first kappa shape index (κ1) is 14.0. The molecule has 0 spiro atoms. The minimum atomic E-state index is -3.53. The van der Waals surface area contributed by atoms with E-state index in [1.165, 1.54) is 0 Å². The van der Waals surface area contributed by atoms with Crippen molar-refractivity contribution in [3.63, 3.8) is 0 Å². The summed E-state index contributed by atoms with van der Waals surface area (Å²) >= 11 is 0. The van der Waals surface area contributed by atoms with Crippen LogP contribution in [0.3, 0.4) is 0 Å². The molecule has 104 valence electrons. The van der Waals surface area contributed by atoms with Crippen molar-refractivity contribution in [1.29, 1.82) is 0 Å². The lowest BCUT2D eigenvalue weighted by Gasteiger charge is -2.20. The highest BCUT2D eigenvalue weighted by Gasteiger charge is 2.45. The molecule has 1 unspecified atom stereocenters. The molecule has 1 fully saturated rings. The Morgan fingerprint density at radius 3 is 2.53 bits per heavy atom. The molecule has 0 aromatic heterocycles. The number of carbonyl (C=O) groups is 1. The molecule has 1 heterocycles. The highest BCUT2D eigenvalue weighted by molar-refractivity contribution is 7.88. The molecule has 0 saturated carbocycles. The van der Waals surface area contributed by atoms with Crippen LogP contribution in [0.2, 0.25) is 0 Å². The topological polar surface area (TPSA) is 101 Å². The van der Waals surface area contributed by atoms with Crippen LogP contribution in [0, 0.1) is 0 Å². The number of nitrogens with zero attached hydrogens (tertiary/aromatic N) is 1. The highest BCUT2D eigenvalue weighted by Crippen LogP contribution is 2.23. The summed E-state index contributed by atoms with van der Waals surface area (Å²) in [6, 6.07) is 8.78. The SMILES string of the molecule is NC1(C(=O)O)CCN(S(=O)(=O)Cc2ccccc2)C1. The molecule has 6 nitrogen and oxygen atoms in total. The Morgan fingerprint density at radius 1 is 1.37 bits per heavy atom. The molecule has 1 aromatic carbocycles. The fourth-order valence-corrected chi connectivity index (χ4v) is 3.68. The van der Waals surface area contributed by atoms with Gasteiger partial charge in [-0.25, -0.2) is 8.42 Å². The largest absolute Gasteiger partial charge is 0.480 e. The van der Waals surface area contributed by atoms with Crippen molar-refractivity contribution in [3.8, 4) is 0 Å². The summed E-state index contributed by atoms with van der Waals surface area (Å²) in [5, 5.41) is 9.00. The summed E-state index contributed by atoms with van der Waals surface area (Å²) in [7, 11) is -3.53. The van der Waals surface area contributed by atoms with Gasteiger partial charge in [-0.15, -0.1) is 0 Å². The zero-order chi connectivity index (χ0) is 14.1. The normalized spacial score (nSPS) is 24.5. The van der Waals surface area contributed by atoms with Crippen molar-refractivity contribution < 1.29 is 18.3 Å². The fourth-order valence-electron chi connectivity index (χ4n) is 2.09. The maximum atomic E-state index is 12.2. The van der Waals surface area contributed by atoms with Crippen molar-refractivity contribution in [1.82, 2.24) is 4.31 Å². The molecule has 0 amide bonds. The van der Waals surface area contributed by atoms with E-state index in [9.17, 15) is 13.2 Å². The third-order valence-electron chi connectivity index (χ3n) is 3.28. The maximum absolute atomic E-state index is 12.2. The van der Waals surface area contributed by atoms with Gasteiger partial charge in [0.1, 0.15) is 5.54 Å². The number of nitrogens with two attached hydrogens (primary N) is 1. The molecule has 3 N–H and O–H groups in total. The summed E-state index contributed by atoms with van der Waals surface area (Å²) in [6.45, 7) is -0.0184. The molecule has 0 bridgehead atoms. The van der Waals surface area contributed by atoms with Crippen LogP contribution < -0.4 is 5.73 Å². The van der Waals surface area contributed by atoms with Crippen molar-refractivity contribution >= 4 is 16.0 Å². The van der Waals surface area contributed by atoms with E-state index >= 15 is 0 Å². The molecule has 2 rings (SSSR count). The van der Waals surface area contributed by atoms with Gasteiger partial charge in [0.05, 0.1) is 5.75 Å². The molecule has 0 radical (unpaired) electrons. The van der Waals surface area contributed by atoms with Crippen LogP contribution in [0.1, 0.15) is 12.0 Å². The van der Waals surface area contributed by atoms with Crippen molar-refractivity contribution in [2.45, 2.75) is 17.7 Å². The van der Waals surface area contributed by atoms with Gasteiger partial charge < -0.3 is 10.8 Å². The minimum absolute atomic E-state index is 0.135. The Morgan fingerprint density at radius 2 is 2.00 bits per heavy atom. The predicted octanol–water partition coefficient (Wildman–Crippen LogP) is 0.00420. The molecule has 7 heteroatoms. The summed E-state index contributed by atoms with van der Waals surface area (Å²) in [5.41, 5.74) is 4.88. The summed E-state index contributed by atoms with van der Waals surface area (Å²) in [5.74, 6) is -1.30. The average molecular weight is 284 g/mol. The monoisotopic (exact) mass is 284 g/mol. The van der Waals surface area contributed by atoms with Gasteiger partial charge >= 0.3 is 5.97 Å². The minimum Gasteiger partial charge on any atom is -0.480 e. The quantitative estimate of drug-likeness (QED) is 0.810. The molecule has 1 aliphatic heterocycles. The van der Waals surface area contributed by atoms with Crippen molar-refractivity contribution in [2.75, 3.05) is 13.1 Å². The van der Waals surface area contributed by atoms with E-state index in [1.807, 2.05) is 0 Å². The Kier molecular flexibility index (Phi) is 3.62. The van der Waals surface area contributed by atoms with E-state index in [1.54, 1.807) is 30.3 Å². The molecular weight excluding hydrogens is 268 g/mol. The summed E-state index contributed by atoms with van der Waals surface area (Å²) in [6.07, 6.45) is 0.135. The van der Waals surface area contributed by atoms with E-state index in [2.05, 4.69) is 0 Å². The second-order valence-electron chi connectivity index (χ2n) is 4.79. The van der Waals surface area contributed by atoms with E-state index < -0.39 is 21.5 Å². The third kappa shape index (κ3) is 2.94. The number of aliphatic carboxylic acids is 1. The number of hydrogen-bond donors (Lipinski definition) is 2. The van der Waals surface area contributed by atoms with Gasteiger partial charge in [0, 0.05) is 13.1 Å². The van der Waals surface area contributed by atoms with Gasteiger partial charge in [0.15, 0.2) is 0 Å². The highest BCUT2D eigenvalue weighted by atomic mass is 32.2. The first-order valence-electron chi connectivity index (χ1n) is 5.87. The van der Waals surface area contributed by atoms with Gasteiger partial charge in [0.25, 0.3) is 0 Å². The van der Waals surface area contributed by atoms with Gasteiger partial charge in [0.2, 0.25) is 10.0 Å². The Balaban J connectivity index is 2.12. The molecule has 1 saturated heterocycles. The van der Waals surface area contributed by atoms with E-state index in [-0.39, 0.29) is 25.3 Å². The summed E-state index contributed by atoms with van der Waals surface area (Å²) < 4.78 is 25.5. The van der Waals surface area contributed by atoms with E-state index in [0.29, 0.717) is 5.56 Å². The number of benzene rings is 1. The van der Waals surface area contributed by atoms with Crippen LogP contribution in [-0.2, 0) is 20.6 Å². The van der Waals surface area contributed by atoms with Crippen LogP contribution in [0.4, 0.5) is 0 Å². The molecule has 1 aromatic rings.